The van der Waals surface area contributed by atoms with Crippen LogP contribution in [0.25, 0.3) is 0 Å². The third-order valence-electron chi connectivity index (χ3n) is 3.08. The van der Waals surface area contributed by atoms with Gasteiger partial charge in [0.05, 0.1) is 4.92 Å². The highest BCUT2D eigenvalue weighted by Crippen LogP contribution is 2.29. The number of carbonyl (C=O) groups is 1. The summed E-state index contributed by atoms with van der Waals surface area (Å²) in [5.74, 6) is 0. The highest BCUT2D eigenvalue weighted by molar-refractivity contribution is 6.30. The van der Waals surface area contributed by atoms with Gasteiger partial charge < -0.3 is 5.32 Å². The van der Waals surface area contributed by atoms with Gasteiger partial charge >= 0.3 is 0 Å². The summed E-state index contributed by atoms with van der Waals surface area (Å²) in [6.45, 7) is 1.88. The van der Waals surface area contributed by atoms with Crippen molar-refractivity contribution in [3.63, 3.8) is 0 Å². The van der Waals surface area contributed by atoms with Crippen LogP contribution in [-0.2, 0) is 0 Å². The van der Waals surface area contributed by atoms with Crippen molar-refractivity contribution < 1.29 is 9.72 Å². The van der Waals surface area contributed by atoms with Crippen molar-refractivity contribution in [3.8, 4) is 0 Å². The van der Waals surface area contributed by atoms with Gasteiger partial charge in [-0.2, -0.15) is 0 Å². The molecule has 0 fully saturated rings. The first-order valence-electron chi connectivity index (χ1n) is 6.27. The van der Waals surface area contributed by atoms with Crippen LogP contribution in [0.1, 0.15) is 28.9 Å². The van der Waals surface area contributed by atoms with Crippen LogP contribution >= 0.6 is 11.6 Å². The molecule has 0 saturated heterocycles. The number of nitrogens with one attached hydrogen (secondary N) is 1. The van der Waals surface area contributed by atoms with Gasteiger partial charge in [-0.15, -0.1) is 0 Å². The lowest BCUT2D eigenvalue weighted by atomic mass is 10.1. The molecule has 0 aliphatic heterocycles. The fourth-order valence-corrected chi connectivity index (χ4v) is 2.19. The third kappa shape index (κ3) is 3.58. The van der Waals surface area contributed by atoms with Crippen molar-refractivity contribution in [2.45, 2.75) is 13.0 Å². The Balaban J connectivity index is 2.30. The van der Waals surface area contributed by atoms with E-state index in [4.69, 9.17) is 11.6 Å². The number of carbonyl (C=O) groups excluding carboxylic acids is 1. The molecule has 0 spiro atoms. The lowest BCUT2D eigenvalue weighted by Crippen LogP contribution is -2.08. The van der Waals surface area contributed by atoms with Gasteiger partial charge in [0.1, 0.15) is 12.0 Å². The van der Waals surface area contributed by atoms with Crippen LogP contribution in [0.3, 0.4) is 0 Å². The first kappa shape index (κ1) is 15.0. The van der Waals surface area contributed by atoms with Gasteiger partial charge in [0.25, 0.3) is 5.69 Å². The molecule has 0 amide bonds. The Bertz CT molecular complexity index is 688. The standard InChI is InChI=1S/C15H13ClN2O3/c1-10(12-3-2-4-13(16)8-12)17-14-6-5-11(9-19)7-15(14)18(20)21/h2-10,17H,1H3. The summed E-state index contributed by atoms with van der Waals surface area (Å²) in [4.78, 5) is 21.3. The van der Waals surface area contributed by atoms with Crippen molar-refractivity contribution in [2.24, 2.45) is 0 Å². The molecular formula is C15H13ClN2O3. The van der Waals surface area contributed by atoms with Gasteiger partial charge in [-0.25, -0.2) is 0 Å². The van der Waals surface area contributed by atoms with E-state index in [2.05, 4.69) is 5.32 Å². The van der Waals surface area contributed by atoms with E-state index in [0.29, 0.717) is 17.0 Å². The molecule has 1 unspecified atom stereocenters. The Morgan fingerprint density at radius 3 is 2.67 bits per heavy atom. The minimum absolute atomic E-state index is 0.131. The summed E-state index contributed by atoms with van der Waals surface area (Å²) in [5.41, 5.74) is 1.41. The van der Waals surface area contributed by atoms with E-state index in [1.807, 2.05) is 19.1 Å². The van der Waals surface area contributed by atoms with Crippen molar-refractivity contribution in [3.05, 3.63) is 68.7 Å². The number of hydrogen-bond donors (Lipinski definition) is 1. The average Bonchev–Trinajstić information content (AvgIpc) is 2.47. The zero-order valence-electron chi connectivity index (χ0n) is 11.2. The van der Waals surface area contributed by atoms with Gasteiger partial charge in [-0.05, 0) is 36.8 Å². The number of rotatable bonds is 5. The van der Waals surface area contributed by atoms with E-state index in [0.717, 1.165) is 5.56 Å². The number of benzene rings is 2. The van der Waals surface area contributed by atoms with E-state index in [1.54, 1.807) is 12.1 Å². The zero-order chi connectivity index (χ0) is 15.4. The molecule has 2 aromatic rings. The van der Waals surface area contributed by atoms with E-state index in [-0.39, 0.29) is 17.3 Å². The van der Waals surface area contributed by atoms with Crippen molar-refractivity contribution in [1.29, 1.82) is 0 Å². The second kappa shape index (κ2) is 6.37. The second-order valence-electron chi connectivity index (χ2n) is 4.57. The van der Waals surface area contributed by atoms with Crippen molar-refractivity contribution in [2.75, 3.05) is 5.32 Å². The Kier molecular flexibility index (Phi) is 4.55. The molecular weight excluding hydrogens is 292 g/mol. The maximum atomic E-state index is 11.1. The summed E-state index contributed by atoms with van der Waals surface area (Å²) in [5, 5.41) is 14.8. The normalized spacial score (nSPS) is 11.7. The van der Waals surface area contributed by atoms with Gasteiger partial charge in [0.15, 0.2) is 0 Å². The van der Waals surface area contributed by atoms with E-state index >= 15 is 0 Å². The number of anilines is 1. The molecule has 0 aliphatic rings. The van der Waals surface area contributed by atoms with E-state index in [1.165, 1.54) is 18.2 Å². The minimum Gasteiger partial charge on any atom is -0.373 e. The quantitative estimate of drug-likeness (QED) is 0.509. The van der Waals surface area contributed by atoms with E-state index < -0.39 is 4.92 Å². The van der Waals surface area contributed by atoms with Gasteiger partial charge in [-0.3, -0.25) is 14.9 Å². The number of nitrogens with zero attached hydrogens (tertiary/aromatic N) is 1. The molecule has 6 heteroatoms. The number of nitro groups is 1. The average molecular weight is 305 g/mol. The highest BCUT2D eigenvalue weighted by Gasteiger charge is 2.17. The Morgan fingerprint density at radius 2 is 2.05 bits per heavy atom. The molecule has 0 saturated carbocycles. The third-order valence-corrected chi connectivity index (χ3v) is 3.31. The molecule has 108 valence electrons. The molecule has 1 atom stereocenters. The van der Waals surface area contributed by atoms with Gasteiger partial charge in [0, 0.05) is 22.7 Å². The number of hydrogen-bond acceptors (Lipinski definition) is 4. The van der Waals surface area contributed by atoms with Crippen LogP contribution in [0.5, 0.6) is 0 Å². The minimum atomic E-state index is -0.514. The second-order valence-corrected chi connectivity index (χ2v) is 5.01. The molecule has 0 bridgehead atoms. The maximum Gasteiger partial charge on any atom is 0.293 e. The molecule has 0 aromatic heterocycles. The lowest BCUT2D eigenvalue weighted by Gasteiger charge is -2.16. The molecule has 0 aliphatic carbocycles. The molecule has 2 rings (SSSR count). The molecule has 5 nitrogen and oxygen atoms in total. The topological polar surface area (TPSA) is 72.2 Å². The molecule has 0 heterocycles. The number of aldehydes is 1. The Hall–Kier alpha value is -2.40. The first-order valence-corrected chi connectivity index (χ1v) is 6.64. The van der Waals surface area contributed by atoms with Crippen LogP contribution in [0, 0.1) is 10.1 Å². The first-order chi connectivity index (χ1) is 10.0. The van der Waals surface area contributed by atoms with Gasteiger partial charge in [0.2, 0.25) is 0 Å². The van der Waals surface area contributed by atoms with Crippen molar-refractivity contribution in [1.82, 2.24) is 0 Å². The molecule has 21 heavy (non-hydrogen) atoms. The van der Waals surface area contributed by atoms with Crippen LogP contribution in [-0.4, -0.2) is 11.2 Å². The summed E-state index contributed by atoms with van der Waals surface area (Å²) < 4.78 is 0. The van der Waals surface area contributed by atoms with Gasteiger partial charge in [-0.1, -0.05) is 23.7 Å². The summed E-state index contributed by atoms with van der Waals surface area (Å²) in [7, 11) is 0. The number of nitro benzene ring substituents is 1. The summed E-state index contributed by atoms with van der Waals surface area (Å²) in [6.07, 6.45) is 0.581. The fourth-order valence-electron chi connectivity index (χ4n) is 1.99. The van der Waals surface area contributed by atoms with Crippen LogP contribution < -0.4 is 5.32 Å². The molecule has 0 radical (unpaired) electrons. The summed E-state index contributed by atoms with van der Waals surface area (Å²) >= 11 is 5.94. The summed E-state index contributed by atoms with van der Waals surface area (Å²) in [6, 6.07) is 11.4. The largest absolute Gasteiger partial charge is 0.373 e. The Morgan fingerprint density at radius 1 is 1.29 bits per heavy atom. The molecule has 2 aromatic carbocycles. The lowest BCUT2D eigenvalue weighted by molar-refractivity contribution is -0.384. The zero-order valence-corrected chi connectivity index (χ0v) is 12.0. The van der Waals surface area contributed by atoms with Crippen LogP contribution in [0.15, 0.2) is 42.5 Å². The molecule has 1 N–H and O–H groups in total. The SMILES string of the molecule is CC(Nc1ccc(C=O)cc1[N+](=O)[O-])c1cccc(Cl)c1. The number of halogens is 1. The predicted octanol–water partition coefficient (Wildman–Crippen LogP) is 4.23. The highest BCUT2D eigenvalue weighted by atomic mass is 35.5. The predicted molar refractivity (Wildman–Crippen MR) is 82.0 cm³/mol. The smallest absolute Gasteiger partial charge is 0.293 e. The van der Waals surface area contributed by atoms with Crippen LogP contribution in [0.2, 0.25) is 5.02 Å². The van der Waals surface area contributed by atoms with E-state index in [9.17, 15) is 14.9 Å². The monoisotopic (exact) mass is 304 g/mol. The maximum absolute atomic E-state index is 11.1. The fraction of sp³-hybridized carbons (Fsp3) is 0.133. The van der Waals surface area contributed by atoms with Crippen LogP contribution in [0.4, 0.5) is 11.4 Å². The van der Waals surface area contributed by atoms with Crippen molar-refractivity contribution >= 4 is 29.3 Å². The Labute approximate surface area is 126 Å².